The number of likely N-dealkylation sites (tertiary alicyclic amines) is 1. The molecule has 0 unspecified atom stereocenters. The summed E-state index contributed by atoms with van der Waals surface area (Å²) in [5.41, 5.74) is 2.70. The van der Waals surface area contributed by atoms with E-state index in [0.717, 1.165) is 17.1 Å². The summed E-state index contributed by atoms with van der Waals surface area (Å²) >= 11 is 0. The summed E-state index contributed by atoms with van der Waals surface area (Å²) in [7, 11) is 0. The van der Waals surface area contributed by atoms with E-state index in [1.165, 1.54) is 0 Å². The summed E-state index contributed by atoms with van der Waals surface area (Å²) in [6.45, 7) is 3.09. The van der Waals surface area contributed by atoms with Crippen molar-refractivity contribution >= 4 is 28.9 Å². The minimum Gasteiger partial charge on any atom is -0.356 e. The topological polar surface area (TPSA) is 61.4 Å². The Morgan fingerprint density at radius 1 is 1.04 bits per heavy atom. The molecule has 5 nitrogen and oxygen atoms in total. The van der Waals surface area contributed by atoms with E-state index in [2.05, 4.69) is 10.6 Å². The third kappa shape index (κ3) is 3.74. The minimum atomic E-state index is -0.264. The van der Waals surface area contributed by atoms with Gasteiger partial charge in [0.25, 0.3) is 0 Å². The summed E-state index contributed by atoms with van der Waals surface area (Å²) in [6, 6.07) is 17.4. The van der Waals surface area contributed by atoms with Gasteiger partial charge in [-0.1, -0.05) is 18.2 Å². The molecule has 5 heteroatoms. The number of benzene rings is 2. The number of nitrogens with one attached hydrogen (secondary N) is 2. The van der Waals surface area contributed by atoms with Crippen LogP contribution in [0.4, 0.5) is 17.1 Å². The lowest BCUT2D eigenvalue weighted by Gasteiger charge is -2.14. The van der Waals surface area contributed by atoms with Crippen LogP contribution in [0.2, 0.25) is 0 Å². The van der Waals surface area contributed by atoms with E-state index in [1.54, 1.807) is 4.90 Å². The number of anilines is 3. The average molecular weight is 323 g/mol. The molecular weight excluding hydrogens is 302 g/mol. The number of carbonyl (C=O) groups excluding carboxylic acids is 2. The maximum atomic E-state index is 12.3. The molecule has 1 heterocycles. The van der Waals surface area contributed by atoms with Crippen LogP contribution in [0.25, 0.3) is 0 Å². The van der Waals surface area contributed by atoms with Crippen LogP contribution in [0.1, 0.15) is 13.3 Å². The van der Waals surface area contributed by atoms with E-state index in [-0.39, 0.29) is 17.7 Å². The number of hydrogen-bond donors (Lipinski definition) is 2. The van der Waals surface area contributed by atoms with Gasteiger partial charge in [0.2, 0.25) is 11.8 Å². The Morgan fingerprint density at radius 2 is 1.67 bits per heavy atom. The van der Waals surface area contributed by atoms with Crippen molar-refractivity contribution in [2.45, 2.75) is 13.3 Å². The largest absolute Gasteiger partial charge is 0.356 e. The van der Waals surface area contributed by atoms with Gasteiger partial charge in [-0.2, -0.15) is 0 Å². The first-order valence-corrected chi connectivity index (χ1v) is 8.16. The molecule has 2 aromatic rings. The molecule has 1 aliphatic heterocycles. The van der Waals surface area contributed by atoms with Crippen LogP contribution < -0.4 is 10.6 Å². The van der Waals surface area contributed by atoms with Gasteiger partial charge >= 0.3 is 0 Å². The standard InChI is InChI=1S/C19H21N3O2/c1-2-22-13-14(12-18(22)23)19(24)21-17-10-8-16(9-11-17)20-15-6-4-3-5-7-15/h3-11,14,20H,2,12-13H2,1H3,(H,21,24)/t14-/m0/s1. The van der Waals surface area contributed by atoms with Gasteiger partial charge in [0, 0.05) is 36.6 Å². The quantitative estimate of drug-likeness (QED) is 0.888. The minimum absolute atomic E-state index is 0.0556. The second-order valence-corrected chi connectivity index (χ2v) is 5.89. The summed E-state index contributed by atoms with van der Waals surface area (Å²) in [4.78, 5) is 25.7. The molecule has 2 amide bonds. The third-order valence-corrected chi connectivity index (χ3v) is 4.18. The molecule has 0 bridgehead atoms. The van der Waals surface area contributed by atoms with Gasteiger partial charge in [-0.15, -0.1) is 0 Å². The predicted octanol–water partition coefficient (Wildman–Crippen LogP) is 3.24. The molecule has 1 atom stereocenters. The van der Waals surface area contributed by atoms with Crippen molar-refractivity contribution in [3.63, 3.8) is 0 Å². The lowest BCUT2D eigenvalue weighted by atomic mass is 10.1. The zero-order valence-corrected chi connectivity index (χ0v) is 13.7. The van der Waals surface area contributed by atoms with Crippen LogP contribution in [-0.2, 0) is 9.59 Å². The summed E-state index contributed by atoms with van der Waals surface area (Å²) in [5, 5.41) is 6.19. The second kappa shape index (κ2) is 7.17. The van der Waals surface area contributed by atoms with Gasteiger partial charge in [-0.3, -0.25) is 9.59 Å². The molecule has 0 saturated carbocycles. The molecular formula is C19H21N3O2. The van der Waals surface area contributed by atoms with Gasteiger partial charge in [-0.05, 0) is 43.3 Å². The summed E-state index contributed by atoms with van der Waals surface area (Å²) in [5.74, 6) is -0.303. The highest BCUT2D eigenvalue weighted by Gasteiger charge is 2.33. The molecule has 24 heavy (non-hydrogen) atoms. The molecule has 0 aliphatic carbocycles. The number of hydrogen-bond acceptors (Lipinski definition) is 3. The smallest absolute Gasteiger partial charge is 0.229 e. The number of nitrogens with zero attached hydrogens (tertiary/aromatic N) is 1. The number of rotatable bonds is 5. The number of para-hydroxylation sites is 1. The second-order valence-electron chi connectivity index (χ2n) is 5.89. The lowest BCUT2D eigenvalue weighted by Crippen LogP contribution is -2.28. The van der Waals surface area contributed by atoms with Crippen molar-refractivity contribution in [2.24, 2.45) is 5.92 Å². The molecule has 0 spiro atoms. The normalized spacial score (nSPS) is 17.0. The van der Waals surface area contributed by atoms with Crippen LogP contribution in [0, 0.1) is 5.92 Å². The van der Waals surface area contributed by atoms with Crippen LogP contribution >= 0.6 is 0 Å². The highest BCUT2D eigenvalue weighted by atomic mass is 16.2. The first-order valence-electron chi connectivity index (χ1n) is 8.16. The van der Waals surface area contributed by atoms with Crippen molar-refractivity contribution in [2.75, 3.05) is 23.7 Å². The zero-order valence-electron chi connectivity index (χ0n) is 13.7. The van der Waals surface area contributed by atoms with Crippen LogP contribution in [-0.4, -0.2) is 29.8 Å². The third-order valence-electron chi connectivity index (χ3n) is 4.18. The monoisotopic (exact) mass is 323 g/mol. The average Bonchev–Trinajstić information content (AvgIpc) is 2.99. The van der Waals surface area contributed by atoms with Gasteiger partial charge in [0.15, 0.2) is 0 Å². The lowest BCUT2D eigenvalue weighted by molar-refractivity contribution is -0.128. The van der Waals surface area contributed by atoms with Gasteiger partial charge in [0.1, 0.15) is 0 Å². The maximum absolute atomic E-state index is 12.3. The first-order chi connectivity index (χ1) is 11.7. The van der Waals surface area contributed by atoms with Gasteiger partial charge in [-0.25, -0.2) is 0 Å². The Bertz CT molecular complexity index is 713. The van der Waals surface area contributed by atoms with Crippen molar-refractivity contribution in [1.82, 2.24) is 4.90 Å². The summed E-state index contributed by atoms with van der Waals surface area (Å²) in [6.07, 6.45) is 0.299. The van der Waals surface area contributed by atoms with E-state index in [4.69, 9.17) is 0 Å². The fourth-order valence-corrected chi connectivity index (χ4v) is 2.82. The van der Waals surface area contributed by atoms with E-state index >= 15 is 0 Å². The van der Waals surface area contributed by atoms with Crippen molar-refractivity contribution < 1.29 is 9.59 Å². The van der Waals surface area contributed by atoms with Crippen molar-refractivity contribution in [3.05, 3.63) is 54.6 Å². The Morgan fingerprint density at radius 3 is 2.29 bits per heavy atom. The Kier molecular flexibility index (Phi) is 4.79. The Labute approximate surface area is 141 Å². The molecule has 3 rings (SSSR count). The van der Waals surface area contributed by atoms with Crippen molar-refractivity contribution in [3.8, 4) is 0 Å². The molecule has 1 fully saturated rings. The van der Waals surface area contributed by atoms with Crippen molar-refractivity contribution in [1.29, 1.82) is 0 Å². The number of carbonyl (C=O) groups is 2. The molecule has 2 N–H and O–H groups in total. The molecule has 0 radical (unpaired) electrons. The van der Waals surface area contributed by atoms with E-state index < -0.39 is 0 Å². The van der Waals surface area contributed by atoms with Gasteiger partial charge < -0.3 is 15.5 Å². The highest BCUT2D eigenvalue weighted by Crippen LogP contribution is 2.22. The predicted molar refractivity (Wildman–Crippen MR) is 95.2 cm³/mol. The highest BCUT2D eigenvalue weighted by molar-refractivity contribution is 5.97. The fourth-order valence-electron chi connectivity index (χ4n) is 2.82. The van der Waals surface area contributed by atoms with Crippen LogP contribution in [0.5, 0.6) is 0 Å². The molecule has 2 aromatic carbocycles. The Balaban J connectivity index is 1.58. The zero-order chi connectivity index (χ0) is 16.9. The van der Waals surface area contributed by atoms with E-state index in [9.17, 15) is 9.59 Å². The summed E-state index contributed by atoms with van der Waals surface area (Å²) < 4.78 is 0. The van der Waals surface area contributed by atoms with Crippen LogP contribution in [0.3, 0.4) is 0 Å². The van der Waals surface area contributed by atoms with E-state index in [1.807, 2.05) is 61.5 Å². The number of amides is 2. The van der Waals surface area contributed by atoms with E-state index in [0.29, 0.717) is 19.5 Å². The molecule has 124 valence electrons. The SMILES string of the molecule is CCN1C[C@@H](C(=O)Nc2ccc(Nc3ccccc3)cc2)CC1=O. The Hall–Kier alpha value is -2.82. The van der Waals surface area contributed by atoms with Crippen LogP contribution in [0.15, 0.2) is 54.6 Å². The molecule has 1 saturated heterocycles. The fraction of sp³-hybridized carbons (Fsp3) is 0.263. The molecule has 0 aromatic heterocycles. The maximum Gasteiger partial charge on any atom is 0.229 e. The van der Waals surface area contributed by atoms with Gasteiger partial charge in [0.05, 0.1) is 5.92 Å². The first kappa shape index (κ1) is 16.1. The molecule has 1 aliphatic rings.